The number of ether oxygens (including phenoxy) is 2. The van der Waals surface area contributed by atoms with E-state index in [1.807, 2.05) is 12.1 Å². The fourth-order valence-electron chi connectivity index (χ4n) is 3.35. The molecule has 0 saturated carbocycles. The SMILES string of the molecule is C[C@@H]1Oc2ccccc2O[C@H]1C(=O)Nc1ccc(N2C(=O)CCCC2=O)cc1. The van der Waals surface area contributed by atoms with E-state index in [2.05, 4.69) is 5.32 Å². The third-order valence-electron chi connectivity index (χ3n) is 4.77. The molecule has 0 aliphatic carbocycles. The number of rotatable bonds is 3. The van der Waals surface area contributed by atoms with E-state index in [0.717, 1.165) is 0 Å². The molecular weight excluding hydrogens is 360 g/mol. The molecule has 7 heteroatoms. The molecule has 1 saturated heterocycles. The van der Waals surface area contributed by atoms with E-state index in [9.17, 15) is 14.4 Å². The highest BCUT2D eigenvalue weighted by Crippen LogP contribution is 2.33. The van der Waals surface area contributed by atoms with Crippen molar-refractivity contribution in [2.24, 2.45) is 0 Å². The first-order valence-corrected chi connectivity index (χ1v) is 9.22. The number of para-hydroxylation sites is 2. The number of nitrogens with zero attached hydrogens (tertiary/aromatic N) is 1. The Hall–Kier alpha value is -3.35. The second-order valence-corrected chi connectivity index (χ2v) is 6.82. The van der Waals surface area contributed by atoms with Crippen LogP contribution in [0.1, 0.15) is 26.2 Å². The van der Waals surface area contributed by atoms with Crippen molar-refractivity contribution in [2.75, 3.05) is 10.2 Å². The summed E-state index contributed by atoms with van der Waals surface area (Å²) in [4.78, 5) is 37.9. The predicted octanol–water partition coefficient (Wildman–Crippen LogP) is 2.90. The quantitative estimate of drug-likeness (QED) is 0.828. The van der Waals surface area contributed by atoms with Gasteiger partial charge in [-0.1, -0.05) is 12.1 Å². The maximum Gasteiger partial charge on any atom is 0.269 e. The maximum atomic E-state index is 12.6. The largest absolute Gasteiger partial charge is 0.482 e. The van der Waals surface area contributed by atoms with Gasteiger partial charge in [0.05, 0.1) is 5.69 Å². The molecule has 0 bridgehead atoms. The molecule has 4 rings (SSSR count). The number of nitrogens with one attached hydrogen (secondary N) is 1. The van der Waals surface area contributed by atoms with Crippen molar-refractivity contribution in [1.82, 2.24) is 0 Å². The molecule has 1 fully saturated rings. The van der Waals surface area contributed by atoms with Crippen molar-refractivity contribution < 1.29 is 23.9 Å². The molecule has 2 heterocycles. The topological polar surface area (TPSA) is 84.9 Å². The molecule has 2 aliphatic rings. The Kier molecular flexibility index (Phi) is 4.73. The predicted molar refractivity (Wildman–Crippen MR) is 102 cm³/mol. The van der Waals surface area contributed by atoms with E-state index in [-0.39, 0.29) is 17.7 Å². The van der Waals surface area contributed by atoms with Crippen molar-refractivity contribution in [2.45, 2.75) is 38.4 Å². The van der Waals surface area contributed by atoms with Gasteiger partial charge in [0.2, 0.25) is 17.9 Å². The summed E-state index contributed by atoms with van der Waals surface area (Å²) in [6.45, 7) is 1.77. The average Bonchev–Trinajstić information content (AvgIpc) is 2.68. The van der Waals surface area contributed by atoms with Crippen LogP contribution in [0.2, 0.25) is 0 Å². The number of hydrogen-bond donors (Lipinski definition) is 1. The Morgan fingerprint density at radius 3 is 2.21 bits per heavy atom. The van der Waals surface area contributed by atoms with Crippen molar-refractivity contribution >= 4 is 29.1 Å². The Labute approximate surface area is 162 Å². The number of fused-ring (bicyclic) bond motifs is 1. The molecule has 0 spiro atoms. The molecule has 0 radical (unpaired) electrons. The molecular formula is C21H20N2O5. The smallest absolute Gasteiger partial charge is 0.269 e. The van der Waals surface area contributed by atoms with Gasteiger partial charge < -0.3 is 14.8 Å². The van der Waals surface area contributed by atoms with Gasteiger partial charge in [-0.2, -0.15) is 0 Å². The highest BCUT2D eigenvalue weighted by Gasteiger charge is 2.34. The number of carbonyl (C=O) groups is 3. The summed E-state index contributed by atoms with van der Waals surface area (Å²) in [6.07, 6.45) is 0.0794. The minimum absolute atomic E-state index is 0.201. The van der Waals surface area contributed by atoms with Gasteiger partial charge in [0.25, 0.3) is 5.91 Å². The van der Waals surface area contributed by atoms with Crippen LogP contribution in [0.15, 0.2) is 48.5 Å². The van der Waals surface area contributed by atoms with Crippen LogP contribution in [-0.4, -0.2) is 29.9 Å². The van der Waals surface area contributed by atoms with Crippen LogP contribution in [0.5, 0.6) is 11.5 Å². The maximum absolute atomic E-state index is 12.6. The fourth-order valence-corrected chi connectivity index (χ4v) is 3.35. The van der Waals surface area contributed by atoms with Crippen LogP contribution in [0.4, 0.5) is 11.4 Å². The van der Waals surface area contributed by atoms with Crippen LogP contribution in [0.25, 0.3) is 0 Å². The number of hydrogen-bond acceptors (Lipinski definition) is 5. The van der Waals surface area contributed by atoms with Gasteiger partial charge in [-0.15, -0.1) is 0 Å². The van der Waals surface area contributed by atoms with Gasteiger partial charge in [-0.05, 0) is 49.7 Å². The van der Waals surface area contributed by atoms with E-state index in [0.29, 0.717) is 42.1 Å². The van der Waals surface area contributed by atoms with Crippen molar-refractivity contribution in [3.05, 3.63) is 48.5 Å². The van der Waals surface area contributed by atoms with Crippen molar-refractivity contribution in [3.8, 4) is 11.5 Å². The minimum atomic E-state index is -0.792. The van der Waals surface area contributed by atoms with Gasteiger partial charge in [0.15, 0.2) is 11.5 Å². The molecule has 3 amide bonds. The van der Waals surface area contributed by atoms with Crippen molar-refractivity contribution in [3.63, 3.8) is 0 Å². The summed E-state index contributed by atoms with van der Waals surface area (Å²) in [7, 11) is 0. The Morgan fingerprint density at radius 1 is 0.964 bits per heavy atom. The number of carbonyl (C=O) groups excluding carboxylic acids is 3. The molecule has 2 aromatic rings. The van der Waals surface area contributed by atoms with Gasteiger partial charge in [-0.25, -0.2) is 0 Å². The number of amides is 3. The lowest BCUT2D eigenvalue weighted by atomic mass is 10.1. The zero-order chi connectivity index (χ0) is 19.7. The number of imide groups is 1. The fraction of sp³-hybridized carbons (Fsp3) is 0.286. The van der Waals surface area contributed by atoms with Crippen LogP contribution in [0.3, 0.4) is 0 Å². The van der Waals surface area contributed by atoms with Gasteiger partial charge in [0.1, 0.15) is 6.10 Å². The third kappa shape index (κ3) is 3.43. The minimum Gasteiger partial charge on any atom is -0.482 e. The molecule has 0 unspecified atom stereocenters. The molecule has 1 N–H and O–H groups in total. The highest BCUT2D eigenvalue weighted by molar-refractivity contribution is 6.16. The monoisotopic (exact) mass is 380 g/mol. The molecule has 2 aliphatic heterocycles. The summed E-state index contributed by atoms with van der Waals surface area (Å²) < 4.78 is 11.5. The summed E-state index contributed by atoms with van der Waals surface area (Å²) in [5.74, 6) is 0.402. The Balaban J connectivity index is 1.45. The lowest BCUT2D eigenvalue weighted by molar-refractivity contribution is -0.129. The van der Waals surface area contributed by atoms with Crippen LogP contribution >= 0.6 is 0 Å². The normalized spacial score (nSPS) is 21.4. The average molecular weight is 380 g/mol. The van der Waals surface area contributed by atoms with E-state index in [4.69, 9.17) is 9.47 Å². The lowest BCUT2D eigenvalue weighted by Gasteiger charge is -2.31. The van der Waals surface area contributed by atoms with E-state index in [1.165, 1.54) is 4.90 Å². The van der Waals surface area contributed by atoms with Crippen LogP contribution in [-0.2, 0) is 14.4 Å². The first-order chi connectivity index (χ1) is 13.5. The standard InChI is InChI=1S/C21H20N2O5/c1-13-20(28-17-6-3-2-5-16(17)27-13)21(26)22-14-9-11-15(12-10-14)23-18(24)7-4-8-19(23)25/h2-3,5-6,9-13,20H,4,7-8H2,1H3,(H,22,26)/t13-,20+/m0/s1. The summed E-state index contributed by atoms with van der Waals surface area (Å²) in [5, 5.41) is 2.79. The molecule has 144 valence electrons. The number of benzene rings is 2. The second kappa shape index (κ2) is 7.34. The second-order valence-electron chi connectivity index (χ2n) is 6.82. The molecule has 7 nitrogen and oxygen atoms in total. The number of anilines is 2. The Morgan fingerprint density at radius 2 is 1.57 bits per heavy atom. The highest BCUT2D eigenvalue weighted by atomic mass is 16.6. The van der Waals surface area contributed by atoms with Gasteiger partial charge >= 0.3 is 0 Å². The van der Waals surface area contributed by atoms with E-state index in [1.54, 1.807) is 43.3 Å². The van der Waals surface area contributed by atoms with E-state index >= 15 is 0 Å². The Bertz CT molecular complexity index is 909. The zero-order valence-corrected chi connectivity index (χ0v) is 15.4. The lowest BCUT2D eigenvalue weighted by Crippen LogP contribution is -2.46. The summed E-state index contributed by atoms with van der Waals surface area (Å²) in [5.41, 5.74) is 1.05. The van der Waals surface area contributed by atoms with Gasteiger partial charge in [0, 0.05) is 18.5 Å². The molecule has 28 heavy (non-hydrogen) atoms. The first kappa shape index (κ1) is 18.0. The summed E-state index contributed by atoms with van der Waals surface area (Å²) >= 11 is 0. The summed E-state index contributed by atoms with van der Waals surface area (Å²) in [6, 6.07) is 13.8. The molecule has 0 aromatic heterocycles. The third-order valence-corrected chi connectivity index (χ3v) is 4.77. The van der Waals surface area contributed by atoms with E-state index < -0.39 is 12.2 Å². The van der Waals surface area contributed by atoms with Crippen LogP contribution in [0, 0.1) is 0 Å². The number of piperidine rings is 1. The van der Waals surface area contributed by atoms with Crippen molar-refractivity contribution in [1.29, 1.82) is 0 Å². The van der Waals surface area contributed by atoms with Gasteiger partial charge in [-0.3, -0.25) is 19.3 Å². The first-order valence-electron chi connectivity index (χ1n) is 9.22. The van der Waals surface area contributed by atoms with Crippen LogP contribution < -0.4 is 19.7 Å². The molecule has 2 atom stereocenters. The zero-order valence-electron chi connectivity index (χ0n) is 15.4. The molecule has 2 aromatic carbocycles.